The van der Waals surface area contributed by atoms with E-state index in [4.69, 9.17) is 11.2 Å². The van der Waals surface area contributed by atoms with Gasteiger partial charge in [-0.15, -0.1) is 6.42 Å². The third kappa shape index (κ3) is 3.07. The first-order chi connectivity index (χ1) is 16.8. The topological polar surface area (TPSA) is 63.6 Å². The standard InChI is InChI=1S/C32H40O4/c1-8-17-36-27(35)29(4)12-11-28(3)13-15-31(6)24-10-9-21-20(2)26(34)23(33)18-22(21)30(24,5)14-16-32(31,7)25(28)19-29/h1,9-10,18,25,34H,11-17,19H2,2-7H3/t25-,28-,29-,30+,31-,32+/m1/s1. The minimum absolute atomic E-state index is 0.0109. The number of ether oxygens (including phenoxy) is 1. The minimum Gasteiger partial charge on any atom is -0.504 e. The molecule has 6 atom stereocenters. The van der Waals surface area contributed by atoms with Gasteiger partial charge in [0.15, 0.2) is 12.4 Å². The molecule has 0 aromatic rings. The Morgan fingerprint density at radius 1 is 1.08 bits per heavy atom. The summed E-state index contributed by atoms with van der Waals surface area (Å²) in [5, 5.41) is 10.3. The fourth-order valence-corrected chi connectivity index (χ4v) is 8.92. The smallest absolute Gasteiger partial charge is 0.312 e. The molecule has 3 saturated carbocycles. The first kappa shape index (κ1) is 25.1. The molecule has 4 nitrogen and oxygen atoms in total. The molecule has 192 valence electrons. The van der Waals surface area contributed by atoms with Crippen LogP contribution in [0.3, 0.4) is 0 Å². The SMILES string of the molecule is C#CCOC(=O)[C@]1(C)CC[C@]2(C)CC[C@]3(C)C4=CC=C5C(=CC(=O)C(O)=C5C)[C@]4(C)CC[C@@]3(C)[C@@H]2C1. The van der Waals surface area contributed by atoms with Gasteiger partial charge in [-0.1, -0.05) is 51.3 Å². The van der Waals surface area contributed by atoms with E-state index in [9.17, 15) is 14.7 Å². The van der Waals surface area contributed by atoms with Crippen LogP contribution in [0.15, 0.2) is 46.3 Å². The maximum atomic E-state index is 13.1. The van der Waals surface area contributed by atoms with Crippen molar-refractivity contribution in [2.75, 3.05) is 6.61 Å². The Labute approximate surface area is 215 Å². The molecule has 5 aliphatic rings. The van der Waals surface area contributed by atoms with Crippen LogP contribution in [0.1, 0.15) is 86.5 Å². The summed E-state index contributed by atoms with van der Waals surface area (Å²) in [6.45, 7) is 13.6. The van der Waals surface area contributed by atoms with Gasteiger partial charge in [0.25, 0.3) is 0 Å². The molecule has 0 saturated heterocycles. The molecular formula is C32H40O4. The van der Waals surface area contributed by atoms with Gasteiger partial charge in [0, 0.05) is 11.0 Å². The summed E-state index contributed by atoms with van der Waals surface area (Å²) in [6.07, 6.45) is 18.3. The fraction of sp³-hybridized carbons (Fsp3) is 0.625. The number of fused-ring (bicyclic) bond motifs is 7. The molecule has 3 fully saturated rings. The van der Waals surface area contributed by atoms with E-state index in [-0.39, 0.29) is 45.8 Å². The van der Waals surface area contributed by atoms with Crippen molar-refractivity contribution in [3.05, 3.63) is 46.3 Å². The Kier molecular flexibility index (Phi) is 5.40. The van der Waals surface area contributed by atoms with Gasteiger partial charge in [0.2, 0.25) is 5.78 Å². The average molecular weight is 489 g/mol. The number of rotatable bonds is 2. The number of allylic oxidation sites excluding steroid dienone is 7. The number of esters is 1. The quantitative estimate of drug-likeness (QED) is 0.343. The van der Waals surface area contributed by atoms with Crippen LogP contribution in [0, 0.1) is 45.3 Å². The highest BCUT2D eigenvalue weighted by atomic mass is 16.5. The van der Waals surface area contributed by atoms with E-state index in [1.807, 2.05) is 6.92 Å². The van der Waals surface area contributed by atoms with Crippen LogP contribution in [-0.2, 0) is 14.3 Å². The van der Waals surface area contributed by atoms with Crippen LogP contribution >= 0.6 is 0 Å². The van der Waals surface area contributed by atoms with E-state index >= 15 is 0 Å². The highest BCUT2D eigenvalue weighted by Gasteiger charge is 2.67. The fourth-order valence-electron chi connectivity index (χ4n) is 8.92. The maximum absolute atomic E-state index is 13.1. The average Bonchev–Trinajstić information content (AvgIpc) is 2.84. The number of hydrogen-bond donors (Lipinski definition) is 1. The second-order valence-electron chi connectivity index (χ2n) is 13.4. The number of aliphatic hydroxyl groups excluding tert-OH is 1. The Bertz CT molecular complexity index is 1220. The van der Waals surface area contributed by atoms with Gasteiger partial charge in [-0.2, -0.15) is 0 Å². The van der Waals surface area contributed by atoms with E-state index in [0.717, 1.165) is 56.1 Å². The van der Waals surface area contributed by atoms with Gasteiger partial charge in [0.1, 0.15) is 0 Å². The lowest BCUT2D eigenvalue weighted by Gasteiger charge is -2.70. The van der Waals surface area contributed by atoms with Crippen LogP contribution < -0.4 is 0 Å². The summed E-state index contributed by atoms with van der Waals surface area (Å²) in [5.41, 5.74) is 3.51. The molecule has 0 radical (unpaired) electrons. The summed E-state index contributed by atoms with van der Waals surface area (Å²) in [5.74, 6) is 2.24. The Hall–Kier alpha value is -2.54. The highest BCUT2D eigenvalue weighted by Crippen LogP contribution is 2.75. The van der Waals surface area contributed by atoms with E-state index in [0.29, 0.717) is 11.5 Å². The monoisotopic (exact) mass is 488 g/mol. The van der Waals surface area contributed by atoms with Crippen molar-refractivity contribution in [2.24, 2.45) is 33.0 Å². The van der Waals surface area contributed by atoms with Gasteiger partial charge in [-0.3, -0.25) is 9.59 Å². The lowest BCUT2D eigenvalue weighted by atomic mass is 9.34. The van der Waals surface area contributed by atoms with E-state index < -0.39 is 5.41 Å². The number of carbonyl (C=O) groups is 2. The molecule has 0 aromatic heterocycles. The summed E-state index contributed by atoms with van der Waals surface area (Å²) >= 11 is 0. The number of ketones is 1. The Morgan fingerprint density at radius 3 is 2.47 bits per heavy atom. The third-order valence-corrected chi connectivity index (χ3v) is 11.7. The lowest BCUT2D eigenvalue weighted by molar-refractivity contribution is -0.181. The first-order valence-corrected chi connectivity index (χ1v) is 13.5. The van der Waals surface area contributed by atoms with Crippen molar-refractivity contribution >= 4 is 11.8 Å². The normalized spacial score (nSPS) is 43.5. The number of hydrogen-bond acceptors (Lipinski definition) is 4. The van der Waals surface area contributed by atoms with Crippen LogP contribution in [0.25, 0.3) is 0 Å². The second kappa shape index (κ2) is 7.73. The van der Waals surface area contributed by atoms with Crippen molar-refractivity contribution in [2.45, 2.75) is 86.5 Å². The molecule has 5 aliphatic carbocycles. The molecule has 0 heterocycles. The molecule has 4 heteroatoms. The van der Waals surface area contributed by atoms with Gasteiger partial charge in [-0.25, -0.2) is 0 Å². The predicted octanol–water partition coefficient (Wildman–Crippen LogP) is 6.79. The number of terminal acetylenes is 1. The summed E-state index contributed by atoms with van der Waals surface area (Å²) in [7, 11) is 0. The van der Waals surface area contributed by atoms with Crippen molar-refractivity contribution in [1.29, 1.82) is 0 Å². The molecular weight excluding hydrogens is 448 g/mol. The zero-order valence-electron chi connectivity index (χ0n) is 22.7. The summed E-state index contributed by atoms with van der Waals surface area (Å²) in [6, 6.07) is 0. The second-order valence-corrected chi connectivity index (χ2v) is 13.4. The molecule has 5 rings (SSSR count). The van der Waals surface area contributed by atoms with Crippen LogP contribution in [0.4, 0.5) is 0 Å². The van der Waals surface area contributed by atoms with E-state index in [1.165, 1.54) is 5.57 Å². The van der Waals surface area contributed by atoms with E-state index in [1.54, 1.807) is 6.08 Å². The molecule has 0 unspecified atom stereocenters. The van der Waals surface area contributed by atoms with Gasteiger partial charge >= 0.3 is 5.97 Å². The molecule has 0 spiro atoms. The van der Waals surface area contributed by atoms with Gasteiger partial charge in [-0.05, 0) is 98.2 Å². The predicted molar refractivity (Wildman–Crippen MR) is 141 cm³/mol. The van der Waals surface area contributed by atoms with Gasteiger partial charge < -0.3 is 9.84 Å². The molecule has 0 amide bonds. The summed E-state index contributed by atoms with van der Waals surface area (Å²) < 4.78 is 5.47. The van der Waals surface area contributed by atoms with Crippen molar-refractivity contribution in [3.63, 3.8) is 0 Å². The van der Waals surface area contributed by atoms with E-state index in [2.05, 4.69) is 52.7 Å². The third-order valence-electron chi connectivity index (χ3n) is 11.7. The Balaban J connectivity index is 1.58. The molecule has 36 heavy (non-hydrogen) atoms. The van der Waals surface area contributed by atoms with Crippen LogP contribution in [-0.4, -0.2) is 23.5 Å². The Morgan fingerprint density at radius 2 is 1.78 bits per heavy atom. The lowest BCUT2D eigenvalue weighted by Crippen LogP contribution is -2.62. The van der Waals surface area contributed by atoms with Crippen LogP contribution in [0.2, 0.25) is 0 Å². The number of carbonyl (C=O) groups excluding carboxylic acids is 2. The molecule has 0 aromatic carbocycles. The van der Waals surface area contributed by atoms with Crippen molar-refractivity contribution in [3.8, 4) is 12.3 Å². The van der Waals surface area contributed by atoms with Crippen molar-refractivity contribution in [1.82, 2.24) is 0 Å². The zero-order chi connectivity index (χ0) is 26.3. The minimum atomic E-state index is -0.519. The maximum Gasteiger partial charge on any atom is 0.312 e. The number of aliphatic hydroxyl groups is 1. The summed E-state index contributed by atoms with van der Waals surface area (Å²) in [4.78, 5) is 25.8. The molecule has 1 N–H and O–H groups in total. The van der Waals surface area contributed by atoms with Gasteiger partial charge in [0.05, 0.1) is 5.41 Å². The largest absolute Gasteiger partial charge is 0.504 e. The first-order valence-electron chi connectivity index (χ1n) is 13.5. The van der Waals surface area contributed by atoms with Crippen LogP contribution in [0.5, 0.6) is 0 Å². The molecule has 0 bridgehead atoms. The molecule has 0 aliphatic heterocycles. The highest BCUT2D eigenvalue weighted by molar-refractivity contribution is 6.06. The zero-order valence-corrected chi connectivity index (χ0v) is 22.7. The van der Waals surface area contributed by atoms with Crippen molar-refractivity contribution < 1.29 is 19.4 Å².